The molecule has 0 atom stereocenters. The van der Waals surface area contributed by atoms with Gasteiger partial charge in [0.1, 0.15) is 23.0 Å². The number of carbonyl (C=O) groups excluding carboxylic acids is 1. The molecule has 0 spiro atoms. The van der Waals surface area contributed by atoms with Crippen LogP contribution in [0, 0.1) is 11.6 Å². The predicted molar refractivity (Wildman–Crippen MR) is 101 cm³/mol. The van der Waals surface area contributed by atoms with Crippen molar-refractivity contribution in [3.63, 3.8) is 0 Å². The molecule has 27 heavy (non-hydrogen) atoms. The van der Waals surface area contributed by atoms with Crippen LogP contribution in [-0.4, -0.2) is 43.2 Å². The van der Waals surface area contributed by atoms with Crippen LogP contribution in [0.1, 0.15) is 19.3 Å². The maximum atomic E-state index is 13.7. The Morgan fingerprint density at radius 1 is 1.11 bits per heavy atom. The van der Waals surface area contributed by atoms with Gasteiger partial charge in [0.25, 0.3) is 0 Å². The van der Waals surface area contributed by atoms with Crippen LogP contribution in [0.5, 0.6) is 0 Å². The molecule has 1 aliphatic rings. The van der Waals surface area contributed by atoms with Gasteiger partial charge in [-0.05, 0) is 31.4 Å². The van der Waals surface area contributed by atoms with Crippen molar-refractivity contribution in [3.8, 4) is 0 Å². The molecule has 1 aromatic carbocycles. The molecule has 2 heterocycles. The zero-order chi connectivity index (χ0) is 19.4. The molecule has 1 fully saturated rings. The molecule has 3 rings (SSSR count). The van der Waals surface area contributed by atoms with Crippen LogP contribution in [-0.2, 0) is 0 Å². The quantitative estimate of drug-likeness (QED) is 0.855. The van der Waals surface area contributed by atoms with Gasteiger partial charge in [0.15, 0.2) is 5.82 Å². The maximum absolute atomic E-state index is 13.7. The number of nitrogens with one attached hydrogen (secondary N) is 2. The fourth-order valence-electron chi connectivity index (χ4n) is 2.92. The first-order valence-corrected chi connectivity index (χ1v) is 8.77. The Morgan fingerprint density at radius 2 is 1.78 bits per heavy atom. The number of carbonyl (C=O) groups is 1. The van der Waals surface area contributed by atoms with E-state index in [2.05, 4.69) is 25.5 Å². The number of amides is 2. The molecule has 2 aromatic rings. The highest BCUT2D eigenvalue weighted by Crippen LogP contribution is 2.26. The van der Waals surface area contributed by atoms with Crippen LogP contribution in [0.3, 0.4) is 0 Å². The summed E-state index contributed by atoms with van der Waals surface area (Å²) in [6.45, 7) is 1.79. The van der Waals surface area contributed by atoms with Crippen LogP contribution in [0.15, 0.2) is 24.4 Å². The van der Waals surface area contributed by atoms with Crippen molar-refractivity contribution in [2.24, 2.45) is 0 Å². The van der Waals surface area contributed by atoms with Crippen LogP contribution in [0.4, 0.5) is 36.7 Å². The number of nitrogens with zero attached hydrogens (tertiary/aromatic N) is 4. The molecular formula is C18H22F2N6O. The van der Waals surface area contributed by atoms with Crippen LogP contribution >= 0.6 is 0 Å². The van der Waals surface area contributed by atoms with E-state index in [0.717, 1.165) is 38.1 Å². The van der Waals surface area contributed by atoms with Gasteiger partial charge >= 0.3 is 6.03 Å². The van der Waals surface area contributed by atoms with Crippen molar-refractivity contribution >= 4 is 29.2 Å². The SMILES string of the molecule is CN(C)c1nc(N2CCCCC2)ncc1NC(=O)Nc1c(F)cccc1F. The number of benzene rings is 1. The van der Waals surface area contributed by atoms with Gasteiger partial charge in [0, 0.05) is 27.2 Å². The van der Waals surface area contributed by atoms with Crippen molar-refractivity contribution in [1.29, 1.82) is 0 Å². The highest BCUT2D eigenvalue weighted by molar-refractivity contribution is 6.01. The van der Waals surface area contributed by atoms with E-state index in [0.29, 0.717) is 17.5 Å². The fourth-order valence-corrected chi connectivity index (χ4v) is 2.92. The summed E-state index contributed by atoms with van der Waals surface area (Å²) < 4.78 is 27.4. The number of hydrogen-bond donors (Lipinski definition) is 2. The third kappa shape index (κ3) is 4.42. The number of hydrogen-bond acceptors (Lipinski definition) is 5. The summed E-state index contributed by atoms with van der Waals surface area (Å²) >= 11 is 0. The van der Waals surface area contributed by atoms with E-state index in [1.165, 1.54) is 18.7 Å². The van der Waals surface area contributed by atoms with Crippen molar-refractivity contribution in [2.75, 3.05) is 47.6 Å². The van der Waals surface area contributed by atoms with Crippen LogP contribution in [0.25, 0.3) is 0 Å². The van der Waals surface area contributed by atoms with E-state index in [-0.39, 0.29) is 0 Å². The molecule has 0 aliphatic carbocycles. The number of anilines is 4. The van der Waals surface area contributed by atoms with Crippen molar-refractivity contribution < 1.29 is 13.6 Å². The first-order valence-electron chi connectivity index (χ1n) is 8.77. The lowest BCUT2D eigenvalue weighted by atomic mass is 10.1. The summed E-state index contributed by atoms with van der Waals surface area (Å²) in [5.74, 6) is -0.594. The third-order valence-corrected chi connectivity index (χ3v) is 4.27. The van der Waals surface area contributed by atoms with Crippen LogP contribution in [0.2, 0.25) is 0 Å². The lowest BCUT2D eigenvalue weighted by Crippen LogP contribution is -2.32. The second-order valence-electron chi connectivity index (χ2n) is 6.53. The summed E-state index contributed by atoms with van der Waals surface area (Å²) in [5.41, 5.74) is -0.165. The number of para-hydroxylation sites is 1. The Morgan fingerprint density at radius 3 is 2.41 bits per heavy atom. The standard InChI is InChI=1S/C18H22F2N6O/c1-25(2)16-14(11-21-17(24-16)26-9-4-3-5-10-26)22-18(27)23-15-12(19)7-6-8-13(15)20/h6-8,11H,3-5,9-10H2,1-2H3,(H2,22,23,27). The Labute approximate surface area is 156 Å². The number of halogens is 2. The largest absolute Gasteiger partial charge is 0.361 e. The van der Waals surface area contributed by atoms with E-state index >= 15 is 0 Å². The van der Waals surface area contributed by atoms with Crippen molar-refractivity contribution in [3.05, 3.63) is 36.0 Å². The monoisotopic (exact) mass is 376 g/mol. The summed E-state index contributed by atoms with van der Waals surface area (Å²) in [5, 5.41) is 4.74. The van der Waals surface area contributed by atoms with E-state index in [1.54, 1.807) is 19.0 Å². The molecule has 2 amide bonds. The molecule has 0 radical (unpaired) electrons. The maximum Gasteiger partial charge on any atom is 0.323 e. The van der Waals surface area contributed by atoms with E-state index in [9.17, 15) is 13.6 Å². The smallest absolute Gasteiger partial charge is 0.323 e. The molecule has 0 bridgehead atoms. The second-order valence-corrected chi connectivity index (χ2v) is 6.53. The average Bonchev–Trinajstić information content (AvgIpc) is 2.65. The lowest BCUT2D eigenvalue weighted by molar-refractivity contribution is 0.262. The topological polar surface area (TPSA) is 73.4 Å². The molecule has 1 saturated heterocycles. The number of aromatic nitrogens is 2. The second kappa shape index (κ2) is 8.15. The van der Waals surface area contributed by atoms with Crippen LogP contribution < -0.4 is 20.4 Å². The van der Waals surface area contributed by atoms with Gasteiger partial charge in [0.2, 0.25) is 5.95 Å². The molecule has 0 unspecified atom stereocenters. The highest BCUT2D eigenvalue weighted by Gasteiger charge is 2.18. The Balaban J connectivity index is 1.78. The van der Waals surface area contributed by atoms with Gasteiger partial charge in [-0.3, -0.25) is 0 Å². The number of piperidine rings is 1. The average molecular weight is 376 g/mol. The van der Waals surface area contributed by atoms with Gasteiger partial charge < -0.3 is 20.4 Å². The van der Waals surface area contributed by atoms with Gasteiger partial charge in [-0.15, -0.1) is 0 Å². The molecule has 1 aromatic heterocycles. The minimum absolute atomic E-state index is 0.343. The van der Waals surface area contributed by atoms with E-state index < -0.39 is 23.4 Å². The van der Waals surface area contributed by atoms with Gasteiger partial charge in [0.05, 0.1) is 6.20 Å². The zero-order valence-electron chi connectivity index (χ0n) is 15.3. The van der Waals surface area contributed by atoms with E-state index in [1.807, 2.05) is 0 Å². The van der Waals surface area contributed by atoms with Gasteiger partial charge in [-0.1, -0.05) is 6.07 Å². The first-order chi connectivity index (χ1) is 13.0. The predicted octanol–water partition coefficient (Wildman–Crippen LogP) is 3.46. The minimum Gasteiger partial charge on any atom is -0.361 e. The Kier molecular flexibility index (Phi) is 5.68. The number of urea groups is 1. The van der Waals surface area contributed by atoms with Crippen molar-refractivity contribution in [1.82, 2.24) is 9.97 Å². The summed E-state index contributed by atoms with van der Waals surface area (Å²) in [4.78, 5) is 24.9. The third-order valence-electron chi connectivity index (χ3n) is 4.27. The highest BCUT2D eigenvalue weighted by atomic mass is 19.1. The fraction of sp³-hybridized carbons (Fsp3) is 0.389. The molecule has 9 heteroatoms. The lowest BCUT2D eigenvalue weighted by Gasteiger charge is -2.28. The normalized spacial score (nSPS) is 14.0. The molecule has 2 N–H and O–H groups in total. The first kappa shape index (κ1) is 18.8. The van der Waals surface area contributed by atoms with Crippen molar-refractivity contribution in [2.45, 2.75) is 19.3 Å². The summed E-state index contributed by atoms with van der Waals surface area (Å²) in [6.07, 6.45) is 4.89. The molecule has 7 nitrogen and oxygen atoms in total. The minimum atomic E-state index is -0.852. The van der Waals surface area contributed by atoms with Gasteiger partial charge in [-0.2, -0.15) is 4.98 Å². The zero-order valence-corrected chi connectivity index (χ0v) is 15.3. The van der Waals surface area contributed by atoms with E-state index in [4.69, 9.17) is 0 Å². The Bertz CT molecular complexity index is 803. The van der Waals surface area contributed by atoms with Gasteiger partial charge in [-0.25, -0.2) is 18.6 Å². The molecule has 0 saturated carbocycles. The summed E-state index contributed by atoms with van der Waals surface area (Å²) in [6, 6.07) is 2.59. The molecular weight excluding hydrogens is 354 g/mol. The Hall–Kier alpha value is -2.97. The number of rotatable bonds is 4. The molecule has 1 aliphatic heterocycles. The summed E-state index contributed by atoms with van der Waals surface area (Å²) in [7, 11) is 3.59. The molecule has 144 valence electrons.